The van der Waals surface area contributed by atoms with Crippen LogP contribution in [0.1, 0.15) is 28.8 Å². The molecule has 144 valence electrons. The molecule has 1 spiro atoms. The molecule has 6 heteroatoms. The number of Topliss-reactive ketones (excluding diaryl/α,β-unsaturated/α-hetero) is 2. The Balaban J connectivity index is 1.83. The number of ketones is 2. The Morgan fingerprint density at radius 1 is 1.21 bits per heavy atom. The molecular formula is C22H20O6. The number of phenols is 2. The van der Waals surface area contributed by atoms with Gasteiger partial charge in [0.05, 0.1) is 6.61 Å². The van der Waals surface area contributed by atoms with Gasteiger partial charge in [-0.1, -0.05) is 18.2 Å². The lowest BCUT2D eigenvalue weighted by Gasteiger charge is -2.55. The summed E-state index contributed by atoms with van der Waals surface area (Å²) in [5, 5.41) is 20.8. The highest BCUT2D eigenvalue weighted by atomic mass is 16.6. The first kappa shape index (κ1) is 17.3. The maximum absolute atomic E-state index is 13.5. The van der Waals surface area contributed by atoms with E-state index in [2.05, 4.69) is 13.2 Å². The van der Waals surface area contributed by atoms with Crippen LogP contribution in [0.3, 0.4) is 0 Å². The number of carbonyl (C=O) groups is 2. The highest BCUT2D eigenvalue weighted by Gasteiger charge is 2.77. The van der Waals surface area contributed by atoms with Gasteiger partial charge in [-0.2, -0.15) is 0 Å². The molecule has 1 saturated heterocycles. The largest absolute Gasteiger partial charge is 0.507 e. The Bertz CT molecular complexity index is 1000. The highest BCUT2D eigenvalue weighted by molar-refractivity contribution is 6.18. The van der Waals surface area contributed by atoms with Gasteiger partial charge in [-0.25, -0.2) is 0 Å². The standard InChI is InChI=1S/C22H20O6/c1-3-5-13-15(23)9-16(24)17-18(25)14-8-11-7-12-10-27-21(6-4-2,20(11)26)22(12,14)28-19(13)17/h3-4,8-9,11-12,23-24H,1-2,5-7,10H2. The molecule has 5 aliphatic rings. The fourth-order valence-electron chi connectivity index (χ4n) is 5.53. The summed E-state index contributed by atoms with van der Waals surface area (Å²) in [6.07, 6.45) is 5.89. The molecule has 0 amide bonds. The van der Waals surface area contributed by atoms with Crippen LogP contribution in [0.2, 0.25) is 0 Å². The molecule has 28 heavy (non-hydrogen) atoms. The zero-order valence-electron chi connectivity index (χ0n) is 15.2. The number of ether oxygens (including phenoxy) is 2. The second-order valence-electron chi connectivity index (χ2n) is 7.87. The molecule has 4 unspecified atom stereocenters. The summed E-state index contributed by atoms with van der Waals surface area (Å²) in [7, 11) is 0. The van der Waals surface area contributed by atoms with Crippen LogP contribution in [0.25, 0.3) is 0 Å². The van der Waals surface area contributed by atoms with Gasteiger partial charge in [0.1, 0.15) is 22.8 Å². The molecule has 6 nitrogen and oxygen atoms in total. The van der Waals surface area contributed by atoms with E-state index < -0.39 is 17.1 Å². The third-order valence-electron chi connectivity index (χ3n) is 6.60. The van der Waals surface area contributed by atoms with Crippen molar-refractivity contribution >= 4 is 11.6 Å². The lowest BCUT2D eigenvalue weighted by atomic mass is 9.53. The summed E-state index contributed by atoms with van der Waals surface area (Å²) in [5.41, 5.74) is -1.84. The predicted octanol–water partition coefficient (Wildman–Crippen LogP) is 2.63. The summed E-state index contributed by atoms with van der Waals surface area (Å²) in [6.45, 7) is 7.77. The smallest absolute Gasteiger partial charge is 0.200 e. The number of carbonyl (C=O) groups excluding carboxylic acids is 2. The van der Waals surface area contributed by atoms with Gasteiger partial charge >= 0.3 is 0 Å². The lowest BCUT2D eigenvalue weighted by molar-refractivity contribution is -0.165. The first-order valence-corrected chi connectivity index (χ1v) is 9.35. The topological polar surface area (TPSA) is 93.1 Å². The average molecular weight is 380 g/mol. The molecular weight excluding hydrogens is 360 g/mol. The van der Waals surface area contributed by atoms with Crippen molar-refractivity contribution in [3.05, 3.63) is 54.2 Å². The van der Waals surface area contributed by atoms with Gasteiger partial charge in [-0.05, 0) is 12.8 Å². The van der Waals surface area contributed by atoms with E-state index in [4.69, 9.17) is 9.47 Å². The average Bonchev–Trinajstić information content (AvgIpc) is 2.91. The van der Waals surface area contributed by atoms with Crippen LogP contribution in [0.15, 0.2) is 43.0 Å². The Hall–Kier alpha value is -2.86. The zero-order chi connectivity index (χ0) is 19.8. The number of aromatic hydroxyl groups is 2. The highest BCUT2D eigenvalue weighted by Crippen LogP contribution is 2.64. The zero-order valence-corrected chi connectivity index (χ0v) is 15.2. The van der Waals surface area contributed by atoms with Crippen LogP contribution in [0, 0.1) is 11.8 Å². The van der Waals surface area contributed by atoms with Crippen molar-refractivity contribution in [1.29, 1.82) is 0 Å². The first-order chi connectivity index (χ1) is 13.4. The Kier molecular flexibility index (Phi) is 3.30. The Morgan fingerprint density at radius 2 is 2.00 bits per heavy atom. The predicted molar refractivity (Wildman–Crippen MR) is 99.5 cm³/mol. The van der Waals surface area contributed by atoms with E-state index in [1.165, 1.54) is 0 Å². The lowest BCUT2D eigenvalue weighted by Crippen LogP contribution is -2.71. The molecule has 4 atom stereocenters. The molecule has 1 aromatic rings. The summed E-state index contributed by atoms with van der Waals surface area (Å²) >= 11 is 0. The minimum Gasteiger partial charge on any atom is -0.507 e. The van der Waals surface area contributed by atoms with E-state index in [1.807, 2.05) is 0 Å². The van der Waals surface area contributed by atoms with Crippen molar-refractivity contribution in [1.82, 2.24) is 0 Å². The number of hydrogen-bond donors (Lipinski definition) is 2. The van der Waals surface area contributed by atoms with Crippen molar-refractivity contribution in [2.45, 2.75) is 30.5 Å². The van der Waals surface area contributed by atoms with Gasteiger partial charge in [0, 0.05) is 35.5 Å². The van der Waals surface area contributed by atoms with Crippen LogP contribution < -0.4 is 4.74 Å². The molecule has 2 aliphatic heterocycles. The molecule has 0 aromatic heterocycles. The molecule has 3 aliphatic carbocycles. The Morgan fingerprint density at radius 3 is 2.71 bits per heavy atom. The van der Waals surface area contributed by atoms with Crippen LogP contribution in [-0.2, 0) is 16.0 Å². The number of hydrogen-bond acceptors (Lipinski definition) is 6. The normalized spacial score (nSPS) is 34.4. The fourth-order valence-corrected chi connectivity index (χ4v) is 5.53. The quantitative estimate of drug-likeness (QED) is 0.780. The fraction of sp³-hybridized carbons (Fsp3) is 0.364. The van der Waals surface area contributed by atoms with Crippen molar-refractivity contribution in [3.63, 3.8) is 0 Å². The van der Waals surface area contributed by atoms with Gasteiger partial charge in [0.15, 0.2) is 22.8 Å². The van der Waals surface area contributed by atoms with E-state index in [0.717, 1.165) is 6.07 Å². The van der Waals surface area contributed by atoms with Gasteiger partial charge in [-0.15, -0.1) is 13.2 Å². The van der Waals surface area contributed by atoms with E-state index >= 15 is 0 Å². The van der Waals surface area contributed by atoms with Gasteiger partial charge < -0.3 is 19.7 Å². The first-order valence-electron chi connectivity index (χ1n) is 9.35. The monoisotopic (exact) mass is 380 g/mol. The summed E-state index contributed by atoms with van der Waals surface area (Å²) in [4.78, 5) is 26.7. The van der Waals surface area contributed by atoms with Crippen LogP contribution >= 0.6 is 0 Å². The maximum Gasteiger partial charge on any atom is 0.200 e. The van der Waals surface area contributed by atoms with Gasteiger partial charge in [0.2, 0.25) is 0 Å². The molecule has 1 aromatic carbocycles. The van der Waals surface area contributed by atoms with Gasteiger partial charge in [-0.3, -0.25) is 9.59 Å². The van der Waals surface area contributed by atoms with Crippen molar-refractivity contribution < 1.29 is 29.3 Å². The van der Waals surface area contributed by atoms with E-state index in [-0.39, 0.29) is 53.1 Å². The van der Waals surface area contributed by atoms with Crippen molar-refractivity contribution in [3.8, 4) is 17.2 Å². The van der Waals surface area contributed by atoms with Gasteiger partial charge in [0.25, 0.3) is 0 Å². The Labute approximate surface area is 161 Å². The third kappa shape index (κ3) is 1.68. The summed E-state index contributed by atoms with van der Waals surface area (Å²) in [5.74, 6) is -1.49. The maximum atomic E-state index is 13.5. The second kappa shape index (κ2) is 5.35. The van der Waals surface area contributed by atoms with Crippen LogP contribution in [-0.4, -0.2) is 39.6 Å². The van der Waals surface area contributed by atoms with E-state index in [9.17, 15) is 19.8 Å². The summed E-state index contributed by atoms with van der Waals surface area (Å²) in [6, 6.07) is 1.15. The number of fused-ring (bicyclic) bond motifs is 1. The van der Waals surface area contributed by atoms with Crippen LogP contribution in [0.5, 0.6) is 17.2 Å². The molecule has 2 fully saturated rings. The molecule has 4 bridgehead atoms. The molecule has 2 heterocycles. The number of allylic oxidation sites excluding steroid dienone is 2. The second-order valence-corrected chi connectivity index (χ2v) is 7.87. The number of phenolic OH excluding ortho intramolecular Hbond substituents is 2. The minimum atomic E-state index is -1.31. The summed E-state index contributed by atoms with van der Waals surface area (Å²) < 4.78 is 12.5. The van der Waals surface area contributed by atoms with E-state index in [1.54, 1.807) is 18.2 Å². The van der Waals surface area contributed by atoms with E-state index in [0.29, 0.717) is 24.2 Å². The minimum absolute atomic E-state index is 0.0136. The van der Waals surface area contributed by atoms with Crippen molar-refractivity contribution in [2.75, 3.05) is 6.61 Å². The molecule has 0 radical (unpaired) electrons. The SMILES string of the molecule is C=CCc1c(O)cc(O)c2c1OC13C(=CC4CC1COC3(CC=C)C4=O)C2=O. The molecule has 6 rings (SSSR count). The molecule has 2 N–H and O–H groups in total. The third-order valence-corrected chi connectivity index (χ3v) is 6.60. The number of rotatable bonds is 4. The molecule has 1 saturated carbocycles. The number of benzene rings is 1. The van der Waals surface area contributed by atoms with Crippen molar-refractivity contribution in [2.24, 2.45) is 11.8 Å². The van der Waals surface area contributed by atoms with Crippen LogP contribution in [0.4, 0.5) is 0 Å².